The summed E-state index contributed by atoms with van der Waals surface area (Å²) in [6, 6.07) is 13.6. The van der Waals surface area contributed by atoms with Crippen LogP contribution in [0.1, 0.15) is 18.1 Å². The predicted molar refractivity (Wildman–Crippen MR) is 105 cm³/mol. The Morgan fingerprint density at radius 2 is 1.66 bits per heavy atom. The van der Waals surface area contributed by atoms with Gasteiger partial charge in [-0.05, 0) is 31.5 Å². The molecule has 0 spiro atoms. The number of benzene rings is 2. The smallest absolute Gasteiger partial charge is 0.408 e. The first kappa shape index (κ1) is 22.4. The minimum atomic E-state index is -4.11. The summed E-state index contributed by atoms with van der Waals surface area (Å²) in [5.41, 5.74) is 1.64. The summed E-state index contributed by atoms with van der Waals surface area (Å²) in [6.07, 6.45) is -0.900. The molecule has 0 bridgehead atoms. The van der Waals surface area contributed by atoms with E-state index >= 15 is 0 Å². The zero-order valence-corrected chi connectivity index (χ0v) is 17.0. The molecule has 0 aliphatic heterocycles. The van der Waals surface area contributed by atoms with Gasteiger partial charge >= 0.3 is 12.1 Å². The number of rotatable bonds is 9. The van der Waals surface area contributed by atoms with Crippen LogP contribution in [0.2, 0.25) is 0 Å². The topological polar surface area (TPSA) is 108 Å². The van der Waals surface area contributed by atoms with Crippen LogP contribution < -0.4 is 5.32 Å². The Morgan fingerprint density at radius 1 is 1.00 bits per heavy atom. The molecule has 0 aromatic heterocycles. The molecular formula is C20H23NO7S. The fourth-order valence-electron chi connectivity index (χ4n) is 2.25. The summed E-state index contributed by atoms with van der Waals surface area (Å²) in [5, 5.41) is 2.28. The van der Waals surface area contributed by atoms with Crippen LogP contribution in [0.4, 0.5) is 4.79 Å². The normalized spacial score (nSPS) is 12.1. The molecule has 0 saturated carbocycles. The molecule has 2 rings (SSSR count). The average Bonchev–Trinajstić information content (AvgIpc) is 2.71. The van der Waals surface area contributed by atoms with Crippen molar-refractivity contribution in [2.45, 2.75) is 31.4 Å². The number of carbonyl (C=O) groups excluding carboxylic acids is 2. The fourth-order valence-corrected chi connectivity index (χ4v) is 3.17. The first-order valence-electron chi connectivity index (χ1n) is 8.91. The van der Waals surface area contributed by atoms with Gasteiger partial charge < -0.3 is 14.8 Å². The number of amides is 1. The van der Waals surface area contributed by atoms with E-state index < -0.39 is 34.8 Å². The van der Waals surface area contributed by atoms with Crippen LogP contribution in [0.5, 0.6) is 0 Å². The highest BCUT2D eigenvalue weighted by Crippen LogP contribution is 2.14. The Kier molecular flexibility index (Phi) is 8.17. The minimum Gasteiger partial charge on any atom is -0.464 e. The van der Waals surface area contributed by atoms with E-state index in [1.54, 1.807) is 43.3 Å². The lowest BCUT2D eigenvalue weighted by atomic mass is 10.2. The van der Waals surface area contributed by atoms with Gasteiger partial charge in [0.1, 0.15) is 6.61 Å². The zero-order chi connectivity index (χ0) is 21.3. The molecule has 0 heterocycles. The number of esters is 1. The van der Waals surface area contributed by atoms with Crippen molar-refractivity contribution >= 4 is 22.2 Å². The van der Waals surface area contributed by atoms with Gasteiger partial charge in [0.25, 0.3) is 10.1 Å². The van der Waals surface area contributed by atoms with Crippen LogP contribution in [0, 0.1) is 6.92 Å². The first-order chi connectivity index (χ1) is 13.8. The van der Waals surface area contributed by atoms with E-state index in [0.717, 1.165) is 11.1 Å². The Labute approximate surface area is 169 Å². The van der Waals surface area contributed by atoms with Crippen molar-refractivity contribution in [2.75, 3.05) is 13.2 Å². The van der Waals surface area contributed by atoms with Gasteiger partial charge in [-0.3, -0.25) is 4.18 Å². The second kappa shape index (κ2) is 10.6. The molecule has 0 radical (unpaired) electrons. The van der Waals surface area contributed by atoms with E-state index in [2.05, 4.69) is 5.32 Å². The van der Waals surface area contributed by atoms with Crippen molar-refractivity contribution in [3.63, 3.8) is 0 Å². The SMILES string of the molecule is CCOC(=O)[C@@H](COS(=O)(=O)c1ccc(C)cc1)NC(=O)OCc1ccccc1. The second-order valence-corrected chi connectivity index (χ2v) is 7.68. The van der Waals surface area contributed by atoms with Crippen molar-refractivity contribution in [3.8, 4) is 0 Å². The van der Waals surface area contributed by atoms with Crippen LogP contribution in [0.25, 0.3) is 0 Å². The fraction of sp³-hybridized carbons (Fsp3) is 0.300. The molecule has 1 amide bonds. The average molecular weight is 421 g/mol. The van der Waals surface area contributed by atoms with Crippen molar-refractivity contribution in [1.82, 2.24) is 5.32 Å². The summed E-state index contributed by atoms with van der Waals surface area (Å²) < 4.78 is 39.5. The van der Waals surface area contributed by atoms with Crippen molar-refractivity contribution in [3.05, 3.63) is 65.7 Å². The quantitative estimate of drug-likeness (QED) is 0.490. The van der Waals surface area contributed by atoms with Gasteiger partial charge in [0.05, 0.1) is 18.1 Å². The van der Waals surface area contributed by atoms with Crippen LogP contribution in [0.3, 0.4) is 0 Å². The summed E-state index contributed by atoms with van der Waals surface area (Å²) >= 11 is 0. The third-order valence-corrected chi connectivity index (χ3v) is 5.07. The molecule has 8 nitrogen and oxygen atoms in total. The molecule has 1 N–H and O–H groups in total. The monoisotopic (exact) mass is 421 g/mol. The van der Waals surface area contributed by atoms with Gasteiger partial charge in [-0.2, -0.15) is 8.42 Å². The van der Waals surface area contributed by atoms with Gasteiger partial charge in [0.15, 0.2) is 6.04 Å². The number of aryl methyl sites for hydroxylation is 1. The van der Waals surface area contributed by atoms with Crippen LogP contribution in [-0.4, -0.2) is 39.7 Å². The van der Waals surface area contributed by atoms with Crippen molar-refractivity contribution in [2.24, 2.45) is 0 Å². The van der Waals surface area contributed by atoms with Crippen LogP contribution in [0.15, 0.2) is 59.5 Å². The maximum Gasteiger partial charge on any atom is 0.408 e. The third kappa shape index (κ3) is 7.20. The highest BCUT2D eigenvalue weighted by molar-refractivity contribution is 7.86. The first-order valence-corrected chi connectivity index (χ1v) is 10.3. The van der Waals surface area contributed by atoms with Crippen molar-refractivity contribution in [1.29, 1.82) is 0 Å². The summed E-state index contributed by atoms with van der Waals surface area (Å²) in [6.45, 7) is 2.83. The molecule has 2 aromatic rings. The zero-order valence-electron chi connectivity index (χ0n) is 16.2. The van der Waals surface area contributed by atoms with Gasteiger partial charge in [-0.15, -0.1) is 0 Å². The molecule has 29 heavy (non-hydrogen) atoms. The van der Waals surface area contributed by atoms with E-state index in [1.807, 2.05) is 13.0 Å². The lowest BCUT2D eigenvalue weighted by Gasteiger charge is -2.17. The Morgan fingerprint density at radius 3 is 2.28 bits per heavy atom. The third-order valence-electron chi connectivity index (χ3n) is 3.78. The molecule has 2 aromatic carbocycles. The molecule has 156 valence electrons. The minimum absolute atomic E-state index is 0.00919. The lowest BCUT2D eigenvalue weighted by Crippen LogP contribution is -2.45. The summed E-state index contributed by atoms with van der Waals surface area (Å²) in [4.78, 5) is 24.0. The molecule has 0 saturated heterocycles. The molecule has 0 unspecified atom stereocenters. The number of hydrogen-bond acceptors (Lipinski definition) is 7. The van der Waals surface area contributed by atoms with E-state index in [1.165, 1.54) is 12.1 Å². The Bertz CT molecular complexity index is 912. The van der Waals surface area contributed by atoms with E-state index in [4.69, 9.17) is 13.7 Å². The number of hydrogen-bond donors (Lipinski definition) is 1. The predicted octanol–water partition coefficient (Wildman–Crippen LogP) is 2.56. The van der Waals surface area contributed by atoms with Gasteiger partial charge in [-0.25, -0.2) is 9.59 Å². The molecule has 0 fully saturated rings. The lowest BCUT2D eigenvalue weighted by molar-refractivity contribution is -0.146. The molecule has 0 aliphatic carbocycles. The van der Waals surface area contributed by atoms with Gasteiger partial charge in [0.2, 0.25) is 0 Å². The van der Waals surface area contributed by atoms with Crippen LogP contribution in [-0.2, 0) is 35.2 Å². The highest BCUT2D eigenvalue weighted by atomic mass is 32.2. The van der Waals surface area contributed by atoms with E-state index in [9.17, 15) is 18.0 Å². The Balaban J connectivity index is 1.99. The Hall–Kier alpha value is -2.91. The highest BCUT2D eigenvalue weighted by Gasteiger charge is 2.26. The number of ether oxygens (including phenoxy) is 2. The molecule has 9 heteroatoms. The van der Waals surface area contributed by atoms with Crippen LogP contribution >= 0.6 is 0 Å². The second-order valence-electron chi connectivity index (χ2n) is 6.06. The summed E-state index contributed by atoms with van der Waals surface area (Å²) in [5.74, 6) is -0.830. The maximum atomic E-state index is 12.3. The number of alkyl carbamates (subject to hydrolysis) is 1. The largest absolute Gasteiger partial charge is 0.464 e. The maximum absolute atomic E-state index is 12.3. The van der Waals surface area contributed by atoms with E-state index in [-0.39, 0.29) is 18.1 Å². The number of nitrogens with one attached hydrogen (secondary N) is 1. The molecule has 1 atom stereocenters. The molecular weight excluding hydrogens is 398 g/mol. The molecule has 0 aliphatic rings. The van der Waals surface area contributed by atoms with E-state index in [0.29, 0.717) is 0 Å². The van der Waals surface area contributed by atoms with Gasteiger partial charge in [0, 0.05) is 0 Å². The van der Waals surface area contributed by atoms with Gasteiger partial charge in [-0.1, -0.05) is 48.0 Å². The van der Waals surface area contributed by atoms with Crippen molar-refractivity contribution < 1.29 is 31.7 Å². The number of carbonyl (C=O) groups is 2. The summed E-state index contributed by atoms with van der Waals surface area (Å²) in [7, 11) is -4.11. The standard InChI is InChI=1S/C20H23NO7S/c1-3-26-19(22)18(21-20(23)27-13-16-7-5-4-6-8-16)14-28-29(24,25)17-11-9-15(2)10-12-17/h4-12,18H,3,13-14H2,1-2H3,(H,21,23)/t18-/m1/s1.